The standard InChI is InChI=1S/C12H16N4O2S2/c1-2-9-4-6-19-11(9)7-15-20(17,18)12-8-14-5-3-10(12)16-13/h3-6,8,15H,2,7,13H2,1H3,(H,14,16). The molecule has 2 aromatic heterocycles. The molecule has 0 amide bonds. The molecule has 0 spiro atoms. The number of thiophene rings is 1. The number of pyridine rings is 1. The maximum absolute atomic E-state index is 12.3. The second-order valence-electron chi connectivity index (χ2n) is 4.06. The molecule has 0 radical (unpaired) electrons. The molecule has 0 saturated heterocycles. The van der Waals surface area contributed by atoms with Crippen LogP contribution in [-0.4, -0.2) is 13.4 Å². The molecule has 2 aromatic rings. The largest absolute Gasteiger partial charge is 0.323 e. The number of nitrogens with one attached hydrogen (secondary N) is 2. The first-order valence-corrected chi connectivity index (χ1v) is 8.40. The summed E-state index contributed by atoms with van der Waals surface area (Å²) in [7, 11) is -3.65. The third-order valence-corrected chi connectivity index (χ3v) is 5.26. The van der Waals surface area contributed by atoms with Gasteiger partial charge in [0.2, 0.25) is 10.0 Å². The first kappa shape index (κ1) is 14.9. The number of rotatable bonds is 6. The van der Waals surface area contributed by atoms with Crippen LogP contribution in [0.4, 0.5) is 5.69 Å². The molecular formula is C12H16N4O2S2. The Morgan fingerprint density at radius 1 is 1.40 bits per heavy atom. The topological polar surface area (TPSA) is 97.1 Å². The lowest BCUT2D eigenvalue weighted by molar-refractivity contribution is 0.581. The number of aryl methyl sites for hydroxylation is 1. The second kappa shape index (κ2) is 6.31. The highest BCUT2D eigenvalue weighted by atomic mass is 32.2. The first-order chi connectivity index (χ1) is 9.58. The van der Waals surface area contributed by atoms with Crippen molar-refractivity contribution >= 4 is 27.0 Å². The predicted octanol–water partition coefficient (Wildman–Crippen LogP) is 1.47. The summed E-state index contributed by atoms with van der Waals surface area (Å²) >= 11 is 1.54. The summed E-state index contributed by atoms with van der Waals surface area (Å²) in [6.45, 7) is 2.31. The number of hydrogen-bond acceptors (Lipinski definition) is 6. The van der Waals surface area contributed by atoms with Crippen molar-refractivity contribution in [3.63, 3.8) is 0 Å². The SMILES string of the molecule is CCc1ccsc1CNS(=O)(=O)c1cnccc1NN. The molecule has 108 valence electrons. The van der Waals surface area contributed by atoms with E-state index >= 15 is 0 Å². The molecule has 0 unspecified atom stereocenters. The Morgan fingerprint density at radius 2 is 2.20 bits per heavy atom. The van der Waals surface area contributed by atoms with Crippen LogP contribution >= 0.6 is 11.3 Å². The zero-order valence-electron chi connectivity index (χ0n) is 11.0. The van der Waals surface area contributed by atoms with Gasteiger partial charge < -0.3 is 5.43 Å². The van der Waals surface area contributed by atoms with Crippen molar-refractivity contribution in [3.8, 4) is 0 Å². The number of hydrogen-bond donors (Lipinski definition) is 3. The number of nitrogens with two attached hydrogens (primary N) is 1. The van der Waals surface area contributed by atoms with Gasteiger partial charge in [0, 0.05) is 23.8 Å². The van der Waals surface area contributed by atoms with Crippen LogP contribution in [-0.2, 0) is 23.0 Å². The van der Waals surface area contributed by atoms with E-state index in [-0.39, 0.29) is 11.4 Å². The Balaban J connectivity index is 2.19. The predicted molar refractivity (Wildman–Crippen MR) is 79.8 cm³/mol. The number of anilines is 1. The van der Waals surface area contributed by atoms with Crippen LogP contribution in [0.2, 0.25) is 0 Å². The Bertz CT molecular complexity index is 682. The molecular weight excluding hydrogens is 296 g/mol. The van der Waals surface area contributed by atoms with Crippen LogP contribution in [0.5, 0.6) is 0 Å². The normalized spacial score (nSPS) is 11.5. The van der Waals surface area contributed by atoms with Gasteiger partial charge >= 0.3 is 0 Å². The molecule has 4 N–H and O–H groups in total. The number of aromatic nitrogens is 1. The molecule has 0 aliphatic rings. The Labute approximate surface area is 122 Å². The van der Waals surface area contributed by atoms with E-state index in [9.17, 15) is 8.42 Å². The van der Waals surface area contributed by atoms with E-state index in [2.05, 4.69) is 15.1 Å². The van der Waals surface area contributed by atoms with Crippen molar-refractivity contribution in [3.05, 3.63) is 40.3 Å². The van der Waals surface area contributed by atoms with Gasteiger partial charge in [-0.1, -0.05) is 6.92 Å². The highest BCUT2D eigenvalue weighted by molar-refractivity contribution is 7.89. The van der Waals surface area contributed by atoms with E-state index in [0.29, 0.717) is 5.69 Å². The van der Waals surface area contributed by atoms with Gasteiger partial charge in [0.15, 0.2) is 0 Å². The smallest absolute Gasteiger partial charge is 0.244 e. The summed E-state index contributed by atoms with van der Waals surface area (Å²) in [5.41, 5.74) is 3.83. The van der Waals surface area contributed by atoms with Gasteiger partial charge in [-0.25, -0.2) is 13.1 Å². The maximum atomic E-state index is 12.3. The van der Waals surface area contributed by atoms with Crippen molar-refractivity contribution in [1.82, 2.24) is 9.71 Å². The van der Waals surface area contributed by atoms with E-state index in [1.165, 1.54) is 29.8 Å². The molecule has 6 nitrogen and oxygen atoms in total. The molecule has 0 saturated carbocycles. The van der Waals surface area contributed by atoms with Crippen LogP contribution in [0.1, 0.15) is 17.4 Å². The van der Waals surface area contributed by atoms with Crippen LogP contribution in [0.15, 0.2) is 34.8 Å². The minimum Gasteiger partial charge on any atom is -0.323 e. The average molecular weight is 312 g/mol. The number of nitrogen functional groups attached to an aromatic ring is 1. The van der Waals surface area contributed by atoms with E-state index in [0.717, 1.165) is 16.9 Å². The highest BCUT2D eigenvalue weighted by Crippen LogP contribution is 2.21. The maximum Gasteiger partial charge on any atom is 0.244 e. The summed E-state index contributed by atoms with van der Waals surface area (Å²) in [6.07, 6.45) is 3.62. The lowest BCUT2D eigenvalue weighted by atomic mass is 10.2. The fraction of sp³-hybridized carbons (Fsp3) is 0.250. The summed E-state index contributed by atoms with van der Waals surface area (Å²) in [5.74, 6) is 5.32. The van der Waals surface area contributed by atoms with Crippen LogP contribution in [0, 0.1) is 0 Å². The van der Waals surface area contributed by atoms with E-state index in [4.69, 9.17) is 5.84 Å². The minimum atomic E-state index is -3.65. The molecule has 2 rings (SSSR count). The zero-order valence-corrected chi connectivity index (χ0v) is 12.6. The quantitative estimate of drug-likeness (QED) is 0.554. The minimum absolute atomic E-state index is 0.0390. The van der Waals surface area contributed by atoms with Crippen LogP contribution in [0.3, 0.4) is 0 Å². The van der Waals surface area contributed by atoms with Crippen LogP contribution in [0.25, 0.3) is 0 Å². The van der Waals surface area contributed by atoms with Gasteiger partial charge in [-0.2, -0.15) is 0 Å². The zero-order chi connectivity index (χ0) is 14.6. The molecule has 2 heterocycles. The van der Waals surface area contributed by atoms with E-state index in [1.54, 1.807) is 0 Å². The van der Waals surface area contributed by atoms with Gasteiger partial charge in [-0.3, -0.25) is 10.8 Å². The van der Waals surface area contributed by atoms with Gasteiger partial charge in [-0.05, 0) is 29.5 Å². The van der Waals surface area contributed by atoms with Gasteiger partial charge in [0.05, 0.1) is 5.69 Å². The van der Waals surface area contributed by atoms with Gasteiger partial charge in [0.1, 0.15) is 4.90 Å². The first-order valence-electron chi connectivity index (χ1n) is 6.04. The summed E-state index contributed by atoms with van der Waals surface area (Å²) in [4.78, 5) is 4.88. The average Bonchev–Trinajstić information content (AvgIpc) is 2.92. The highest BCUT2D eigenvalue weighted by Gasteiger charge is 2.18. The van der Waals surface area contributed by atoms with Gasteiger partial charge in [0.25, 0.3) is 0 Å². The molecule has 0 aliphatic heterocycles. The number of nitrogens with zero attached hydrogens (tertiary/aromatic N) is 1. The molecule has 0 aromatic carbocycles. The molecule has 0 fully saturated rings. The molecule has 0 bridgehead atoms. The van der Waals surface area contributed by atoms with Crippen molar-refractivity contribution in [1.29, 1.82) is 0 Å². The van der Waals surface area contributed by atoms with Crippen molar-refractivity contribution in [2.24, 2.45) is 5.84 Å². The van der Waals surface area contributed by atoms with E-state index < -0.39 is 10.0 Å². The third-order valence-electron chi connectivity index (χ3n) is 2.87. The molecule has 20 heavy (non-hydrogen) atoms. The lowest BCUT2D eigenvalue weighted by Gasteiger charge is -2.10. The number of sulfonamides is 1. The lowest BCUT2D eigenvalue weighted by Crippen LogP contribution is -2.25. The monoisotopic (exact) mass is 312 g/mol. The van der Waals surface area contributed by atoms with Gasteiger partial charge in [-0.15, -0.1) is 11.3 Å². The summed E-state index contributed by atoms with van der Waals surface area (Å²) in [5, 5.41) is 1.96. The summed E-state index contributed by atoms with van der Waals surface area (Å²) in [6, 6.07) is 3.52. The third kappa shape index (κ3) is 3.15. The Hall–Kier alpha value is -1.48. The Kier molecular flexibility index (Phi) is 4.71. The summed E-state index contributed by atoms with van der Waals surface area (Å²) < 4.78 is 27.1. The Morgan fingerprint density at radius 3 is 2.90 bits per heavy atom. The fourth-order valence-corrected chi connectivity index (χ4v) is 3.90. The van der Waals surface area contributed by atoms with Crippen LogP contribution < -0.4 is 16.0 Å². The van der Waals surface area contributed by atoms with E-state index in [1.807, 2.05) is 18.4 Å². The van der Waals surface area contributed by atoms with Crippen molar-refractivity contribution in [2.75, 3.05) is 5.43 Å². The number of hydrazine groups is 1. The molecule has 8 heteroatoms. The van der Waals surface area contributed by atoms with Crippen molar-refractivity contribution < 1.29 is 8.42 Å². The van der Waals surface area contributed by atoms with Crippen molar-refractivity contribution in [2.45, 2.75) is 24.8 Å². The fourth-order valence-electron chi connectivity index (χ4n) is 1.79. The second-order valence-corrected chi connectivity index (χ2v) is 6.80. The molecule has 0 aliphatic carbocycles. The molecule has 0 atom stereocenters.